The third-order valence-electron chi connectivity index (χ3n) is 6.94. The van der Waals surface area contributed by atoms with Crippen LogP contribution in [0, 0.1) is 28.4 Å². The number of hydrogen-bond donors (Lipinski definition) is 1. The van der Waals surface area contributed by atoms with Crippen LogP contribution in [0.2, 0.25) is 5.02 Å². The number of alkyl halides is 3. The minimum atomic E-state index is -4.66. The lowest BCUT2D eigenvalue weighted by Crippen LogP contribution is -2.42. The summed E-state index contributed by atoms with van der Waals surface area (Å²) in [5.41, 5.74) is -1.45. The number of likely N-dealkylation sites (tertiary alicyclic amines) is 1. The first-order chi connectivity index (χ1) is 18.0. The zero-order valence-corrected chi connectivity index (χ0v) is 22.0. The average Bonchev–Trinajstić information content (AvgIpc) is 3.71. The van der Waals surface area contributed by atoms with Crippen LogP contribution in [0.3, 0.4) is 0 Å². The molecule has 0 atom stereocenters. The van der Waals surface area contributed by atoms with Gasteiger partial charge in [0, 0.05) is 37.5 Å². The van der Waals surface area contributed by atoms with Crippen molar-refractivity contribution >= 4 is 29.5 Å². The van der Waals surface area contributed by atoms with Crippen molar-refractivity contribution in [1.29, 1.82) is 5.26 Å². The predicted molar refractivity (Wildman–Crippen MR) is 134 cm³/mol. The fourth-order valence-corrected chi connectivity index (χ4v) is 5.08. The maximum absolute atomic E-state index is 14.7. The van der Waals surface area contributed by atoms with Crippen LogP contribution in [0.15, 0.2) is 24.3 Å². The van der Waals surface area contributed by atoms with E-state index in [-0.39, 0.29) is 30.2 Å². The molecule has 1 saturated heterocycles. The first-order valence-corrected chi connectivity index (χ1v) is 13.5. The Morgan fingerprint density at radius 3 is 2.50 bits per heavy atom. The standard InChI is InChI=1S/C26H25ClF5N3O2S/c1-38-34-24(36)19-10-18(15-2-3-15)22(11-21(19)28)37-14-25(13-33)4-6-35(7-5-25)12-16-8-17(26(30,31)32)9-20(27)23(16)29/h8-11,15H,2-7,12,14H2,1H3,(H,34,36). The smallest absolute Gasteiger partial charge is 0.416 e. The molecule has 5 nitrogen and oxygen atoms in total. The van der Waals surface area contributed by atoms with Crippen LogP contribution in [0.4, 0.5) is 22.0 Å². The fourth-order valence-electron chi connectivity index (χ4n) is 4.54. The van der Waals surface area contributed by atoms with Crippen molar-refractivity contribution in [2.75, 3.05) is 26.0 Å². The van der Waals surface area contributed by atoms with Gasteiger partial charge in [-0.05, 0) is 55.4 Å². The SMILES string of the molecule is CSNC(=O)c1cc(C2CC2)c(OCC2(C#N)CCN(Cc3cc(C(F)(F)F)cc(Cl)c3F)CC2)cc1F. The monoisotopic (exact) mass is 573 g/mol. The van der Waals surface area contributed by atoms with Crippen molar-refractivity contribution in [3.05, 3.63) is 63.2 Å². The number of halogens is 6. The molecule has 1 saturated carbocycles. The number of nitriles is 1. The van der Waals surface area contributed by atoms with E-state index >= 15 is 0 Å². The first-order valence-electron chi connectivity index (χ1n) is 11.9. The van der Waals surface area contributed by atoms with Crippen molar-refractivity contribution in [3.63, 3.8) is 0 Å². The predicted octanol–water partition coefficient (Wildman–Crippen LogP) is 6.71. The highest BCUT2D eigenvalue weighted by Crippen LogP contribution is 2.46. The van der Waals surface area contributed by atoms with E-state index in [1.807, 2.05) is 0 Å². The van der Waals surface area contributed by atoms with Crippen LogP contribution in [-0.4, -0.2) is 36.8 Å². The summed E-state index contributed by atoms with van der Waals surface area (Å²) in [5.74, 6) is -1.71. The lowest BCUT2D eigenvalue weighted by atomic mass is 9.80. The van der Waals surface area contributed by atoms with Gasteiger partial charge in [-0.25, -0.2) is 8.78 Å². The molecule has 2 aromatic carbocycles. The van der Waals surface area contributed by atoms with Gasteiger partial charge in [-0.1, -0.05) is 23.5 Å². The highest BCUT2D eigenvalue weighted by atomic mass is 35.5. The summed E-state index contributed by atoms with van der Waals surface area (Å²) in [7, 11) is 0. The molecule has 1 aliphatic carbocycles. The number of nitrogens with one attached hydrogen (secondary N) is 1. The second-order valence-electron chi connectivity index (χ2n) is 9.67. The number of amides is 1. The largest absolute Gasteiger partial charge is 0.492 e. The van der Waals surface area contributed by atoms with Crippen molar-refractivity contribution in [1.82, 2.24) is 9.62 Å². The molecule has 12 heteroatoms. The molecular formula is C26H25ClF5N3O2S. The summed E-state index contributed by atoms with van der Waals surface area (Å²) in [6, 6.07) is 6.30. The third kappa shape index (κ3) is 6.35. The van der Waals surface area contributed by atoms with Gasteiger partial charge >= 0.3 is 6.18 Å². The van der Waals surface area contributed by atoms with Gasteiger partial charge in [-0.15, -0.1) is 0 Å². The van der Waals surface area contributed by atoms with Crippen LogP contribution in [0.1, 0.15) is 58.6 Å². The van der Waals surface area contributed by atoms with Gasteiger partial charge < -0.3 is 4.74 Å². The molecule has 1 amide bonds. The summed E-state index contributed by atoms with van der Waals surface area (Å²) < 4.78 is 77.1. The molecule has 2 aromatic rings. The Morgan fingerprint density at radius 1 is 1.24 bits per heavy atom. The maximum Gasteiger partial charge on any atom is 0.416 e. The summed E-state index contributed by atoms with van der Waals surface area (Å²) >= 11 is 6.77. The van der Waals surface area contributed by atoms with Gasteiger partial charge in [-0.2, -0.15) is 18.4 Å². The van der Waals surface area contributed by atoms with Gasteiger partial charge in [0.25, 0.3) is 5.91 Å². The molecule has 4 rings (SSSR count). The number of piperidine rings is 1. The topological polar surface area (TPSA) is 65.4 Å². The van der Waals surface area contributed by atoms with Gasteiger partial charge in [0.05, 0.1) is 27.6 Å². The second-order valence-corrected chi connectivity index (χ2v) is 10.7. The number of hydrogen-bond acceptors (Lipinski definition) is 5. The molecule has 2 fully saturated rings. The summed E-state index contributed by atoms with van der Waals surface area (Å²) in [5, 5.41) is 9.35. The quantitative estimate of drug-likeness (QED) is 0.281. The van der Waals surface area contributed by atoms with Gasteiger partial charge in [0.2, 0.25) is 0 Å². The average molecular weight is 574 g/mol. The van der Waals surface area contributed by atoms with Crippen LogP contribution >= 0.6 is 23.5 Å². The molecule has 0 spiro atoms. The summed E-state index contributed by atoms with van der Waals surface area (Å²) in [6.45, 7) is 0.536. The number of ether oxygens (including phenoxy) is 1. The van der Waals surface area contributed by atoms with Crippen LogP contribution in [-0.2, 0) is 12.7 Å². The molecule has 0 aromatic heterocycles. The van der Waals surface area contributed by atoms with Crippen LogP contribution in [0.25, 0.3) is 0 Å². The van der Waals surface area contributed by atoms with E-state index in [9.17, 15) is 32.0 Å². The first kappa shape index (κ1) is 28.5. The lowest BCUT2D eigenvalue weighted by Gasteiger charge is -2.37. The van der Waals surface area contributed by atoms with Gasteiger partial charge in [0.1, 0.15) is 24.0 Å². The summed E-state index contributed by atoms with van der Waals surface area (Å²) in [4.78, 5) is 14.0. The zero-order chi connectivity index (χ0) is 27.7. The highest BCUT2D eigenvalue weighted by molar-refractivity contribution is 7.97. The molecule has 1 heterocycles. The Labute approximate surface area is 226 Å². The van der Waals surface area contributed by atoms with Crippen LogP contribution < -0.4 is 9.46 Å². The Hall–Kier alpha value is -2.55. The minimum absolute atomic E-state index is 0.0173. The molecule has 1 aliphatic heterocycles. The van der Waals surface area contributed by atoms with Crippen molar-refractivity contribution in [3.8, 4) is 11.8 Å². The Morgan fingerprint density at radius 2 is 1.92 bits per heavy atom. The van der Waals surface area contributed by atoms with Crippen LogP contribution in [0.5, 0.6) is 5.75 Å². The van der Waals surface area contributed by atoms with Gasteiger partial charge in [-0.3, -0.25) is 14.4 Å². The number of nitrogens with zero attached hydrogens (tertiary/aromatic N) is 2. The molecule has 1 N–H and O–H groups in total. The number of rotatable bonds is 8. The van der Waals surface area contributed by atoms with Crippen molar-refractivity contribution in [2.24, 2.45) is 5.41 Å². The van der Waals surface area contributed by atoms with Crippen molar-refractivity contribution < 1.29 is 31.5 Å². The molecule has 0 unspecified atom stereocenters. The molecule has 0 bridgehead atoms. The Kier molecular flexibility index (Phi) is 8.45. The van der Waals surface area contributed by atoms with E-state index in [0.717, 1.165) is 36.4 Å². The van der Waals surface area contributed by atoms with E-state index in [2.05, 4.69) is 10.8 Å². The zero-order valence-electron chi connectivity index (χ0n) is 20.4. The third-order valence-corrected chi connectivity index (χ3v) is 7.60. The fraction of sp³-hybridized carbons (Fsp3) is 0.462. The van der Waals surface area contributed by atoms with E-state index in [1.165, 1.54) is 12.1 Å². The highest BCUT2D eigenvalue weighted by Gasteiger charge is 2.38. The molecule has 0 radical (unpaired) electrons. The molecule has 204 valence electrons. The Bertz CT molecular complexity index is 1250. The number of benzene rings is 2. The Balaban J connectivity index is 1.44. The number of carbonyl (C=O) groups is 1. The lowest BCUT2D eigenvalue weighted by molar-refractivity contribution is -0.137. The summed E-state index contributed by atoms with van der Waals surface area (Å²) in [6.07, 6.45) is -0.565. The van der Waals surface area contributed by atoms with Crippen molar-refractivity contribution in [2.45, 2.75) is 44.3 Å². The maximum atomic E-state index is 14.7. The van der Waals surface area contributed by atoms with E-state index in [4.69, 9.17) is 16.3 Å². The van der Waals surface area contributed by atoms with E-state index in [0.29, 0.717) is 37.7 Å². The molecule has 38 heavy (non-hydrogen) atoms. The van der Waals surface area contributed by atoms with E-state index in [1.54, 1.807) is 11.2 Å². The molecular weight excluding hydrogens is 549 g/mol. The normalized spacial score (nSPS) is 17.6. The van der Waals surface area contributed by atoms with Gasteiger partial charge in [0.15, 0.2) is 0 Å². The minimum Gasteiger partial charge on any atom is -0.492 e. The molecule has 2 aliphatic rings. The van der Waals surface area contributed by atoms with E-state index < -0.39 is 39.7 Å². The second kappa shape index (κ2) is 11.3. The number of carbonyl (C=O) groups excluding carboxylic acids is 1.